The quantitative estimate of drug-likeness (QED) is 0.500. The van der Waals surface area contributed by atoms with E-state index >= 15 is 0 Å². The minimum absolute atomic E-state index is 0.0229. The second-order valence-electron chi connectivity index (χ2n) is 5.96. The van der Waals surface area contributed by atoms with Crippen molar-refractivity contribution in [2.24, 2.45) is 0 Å². The van der Waals surface area contributed by atoms with Gasteiger partial charge in [-0.25, -0.2) is 4.79 Å². The third-order valence-electron chi connectivity index (χ3n) is 4.11. The molecule has 0 bridgehead atoms. The SMILES string of the molecule is COCCCCCCNC(=O)c1cc2cc3ccoc3cc2oc1=O. The highest BCUT2D eigenvalue weighted by atomic mass is 16.5. The number of carbonyl (C=O) groups excluding carboxylic acids is 1. The summed E-state index contributed by atoms with van der Waals surface area (Å²) in [5.74, 6) is -0.403. The zero-order valence-electron chi connectivity index (χ0n) is 14.2. The first-order valence-corrected chi connectivity index (χ1v) is 8.41. The Kier molecular flexibility index (Phi) is 5.50. The van der Waals surface area contributed by atoms with Crippen LogP contribution >= 0.6 is 0 Å². The molecule has 6 heteroatoms. The molecule has 0 saturated heterocycles. The van der Waals surface area contributed by atoms with Crippen LogP contribution in [-0.2, 0) is 4.74 Å². The van der Waals surface area contributed by atoms with Crippen LogP contribution in [0.15, 0.2) is 44.2 Å². The molecule has 0 unspecified atom stereocenters. The Bertz CT molecular complexity index is 924. The lowest BCUT2D eigenvalue weighted by Crippen LogP contribution is -2.29. The van der Waals surface area contributed by atoms with Crippen molar-refractivity contribution in [2.45, 2.75) is 25.7 Å². The largest absolute Gasteiger partial charge is 0.464 e. The topological polar surface area (TPSA) is 81.7 Å². The van der Waals surface area contributed by atoms with E-state index in [0.29, 0.717) is 23.1 Å². The lowest BCUT2D eigenvalue weighted by molar-refractivity contribution is 0.0949. The molecule has 0 aliphatic carbocycles. The molecule has 3 rings (SSSR count). The summed E-state index contributed by atoms with van der Waals surface area (Å²) in [6, 6.07) is 6.89. The minimum atomic E-state index is -0.643. The van der Waals surface area contributed by atoms with Gasteiger partial charge in [0.25, 0.3) is 5.91 Å². The average Bonchev–Trinajstić information content (AvgIpc) is 3.05. The van der Waals surface area contributed by atoms with Gasteiger partial charge in [0, 0.05) is 37.1 Å². The van der Waals surface area contributed by atoms with E-state index in [2.05, 4.69) is 5.32 Å². The van der Waals surface area contributed by atoms with Gasteiger partial charge in [-0.3, -0.25) is 4.79 Å². The summed E-state index contributed by atoms with van der Waals surface area (Å²) >= 11 is 0. The van der Waals surface area contributed by atoms with Crippen LogP contribution in [0.5, 0.6) is 0 Å². The maximum atomic E-state index is 12.2. The molecule has 0 spiro atoms. The molecule has 2 heterocycles. The smallest absolute Gasteiger partial charge is 0.349 e. The van der Waals surface area contributed by atoms with Gasteiger partial charge in [-0.05, 0) is 31.0 Å². The molecule has 0 radical (unpaired) electrons. The number of rotatable bonds is 8. The van der Waals surface area contributed by atoms with Gasteiger partial charge in [-0.2, -0.15) is 0 Å². The van der Waals surface area contributed by atoms with Gasteiger partial charge < -0.3 is 18.9 Å². The van der Waals surface area contributed by atoms with Gasteiger partial charge in [0.05, 0.1) is 6.26 Å². The Hall–Kier alpha value is -2.60. The van der Waals surface area contributed by atoms with Crippen molar-refractivity contribution in [2.75, 3.05) is 20.3 Å². The highest BCUT2D eigenvalue weighted by molar-refractivity contribution is 5.99. The van der Waals surface area contributed by atoms with E-state index < -0.39 is 11.5 Å². The highest BCUT2D eigenvalue weighted by Gasteiger charge is 2.14. The van der Waals surface area contributed by atoms with Gasteiger partial charge in [0.1, 0.15) is 16.7 Å². The Labute approximate surface area is 144 Å². The average molecular weight is 343 g/mol. The van der Waals surface area contributed by atoms with Crippen LogP contribution in [0.1, 0.15) is 36.0 Å². The van der Waals surface area contributed by atoms with Gasteiger partial charge in [0.15, 0.2) is 0 Å². The van der Waals surface area contributed by atoms with Crippen LogP contribution in [0.3, 0.4) is 0 Å². The molecule has 1 amide bonds. The van der Waals surface area contributed by atoms with Gasteiger partial charge >= 0.3 is 5.63 Å². The van der Waals surface area contributed by atoms with Crippen molar-refractivity contribution in [1.29, 1.82) is 0 Å². The first-order valence-electron chi connectivity index (χ1n) is 8.41. The number of amides is 1. The number of hydrogen-bond acceptors (Lipinski definition) is 5. The molecule has 0 saturated carbocycles. The van der Waals surface area contributed by atoms with Gasteiger partial charge in [0.2, 0.25) is 0 Å². The van der Waals surface area contributed by atoms with Crippen LogP contribution in [0.25, 0.3) is 21.9 Å². The predicted molar refractivity (Wildman–Crippen MR) is 94.9 cm³/mol. The molecule has 132 valence electrons. The van der Waals surface area contributed by atoms with Gasteiger partial charge in [-0.1, -0.05) is 12.8 Å². The van der Waals surface area contributed by atoms with E-state index in [0.717, 1.165) is 37.7 Å². The number of hydrogen-bond donors (Lipinski definition) is 1. The predicted octanol–water partition coefficient (Wildman–Crippen LogP) is 3.48. The Morgan fingerprint density at radius 2 is 1.92 bits per heavy atom. The number of fused-ring (bicyclic) bond motifs is 2. The van der Waals surface area contributed by atoms with Crippen molar-refractivity contribution < 1.29 is 18.4 Å². The van der Waals surface area contributed by atoms with Crippen LogP contribution in [0.2, 0.25) is 0 Å². The zero-order valence-corrected chi connectivity index (χ0v) is 14.2. The van der Waals surface area contributed by atoms with Crippen LogP contribution in [-0.4, -0.2) is 26.2 Å². The molecule has 0 aliphatic heterocycles. The molecule has 3 aromatic rings. The second-order valence-corrected chi connectivity index (χ2v) is 5.96. The van der Waals surface area contributed by atoms with Crippen LogP contribution in [0.4, 0.5) is 0 Å². The summed E-state index contributed by atoms with van der Waals surface area (Å²) in [6.45, 7) is 1.29. The number of unbranched alkanes of at least 4 members (excludes halogenated alkanes) is 3. The standard InChI is InChI=1S/C19H21NO5/c1-23-8-5-3-2-4-7-20-18(21)15-11-14-10-13-6-9-24-16(13)12-17(14)25-19(15)22/h6,9-12H,2-5,7-8H2,1H3,(H,20,21). The van der Waals surface area contributed by atoms with E-state index in [1.54, 1.807) is 25.5 Å². The molecular weight excluding hydrogens is 322 g/mol. The fourth-order valence-electron chi connectivity index (χ4n) is 2.76. The Morgan fingerprint density at radius 1 is 1.08 bits per heavy atom. The maximum absolute atomic E-state index is 12.2. The lowest BCUT2D eigenvalue weighted by Gasteiger charge is -2.05. The van der Waals surface area contributed by atoms with Crippen molar-refractivity contribution in [3.05, 3.63) is 46.5 Å². The number of carbonyl (C=O) groups is 1. The number of methoxy groups -OCH3 is 1. The van der Waals surface area contributed by atoms with Crippen LogP contribution < -0.4 is 10.9 Å². The molecule has 6 nitrogen and oxygen atoms in total. The molecule has 0 aliphatic rings. The first-order chi connectivity index (χ1) is 12.2. The normalized spacial score (nSPS) is 11.2. The minimum Gasteiger partial charge on any atom is -0.464 e. The summed E-state index contributed by atoms with van der Waals surface area (Å²) in [5.41, 5.74) is 0.425. The summed E-state index contributed by atoms with van der Waals surface area (Å²) in [4.78, 5) is 24.3. The zero-order chi connectivity index (χ0) is 17.6. The maximum Gasteiger partial charge on any atom is 0.349 e. The van der Waals surface area contributed by atoms with E-state index in [9.17, 15) is 9.59 Å². The van der Waals surface area contributed by atoms with E-state index in [1.165, 1.54) is 0 Å². The molecule has 1 aromatic carbocycles. The monoisotopic (exact) mass is 343 g/mol. The number of benzene rings is 1. The summed E-state index contributed by atoms with van der Waals surface area (Å²) in [7, 11) is 1.69. The number of nitrogens with one attached hydrogen (secondary N) is 1. The molecule has 0 fully saturated rings. The highest BCUT2D eigenvalue weighted by Crippen LogP contribution is 2.23. The summed E-state index contributed by atoms with van der Waals surface area (Å²) in [5, 5.41) is 4.36. The number of furan rings is 1. The number of ether oxygens (including phenoxy) is 1. The van der Waals surface area contributed by atoms with E-state index in [1.807, 2.05) is 12.1 Å². The molecule has 2 aromatic heterocycles. The molecule has 25 heavy (non-hydrogen) atoms. The van der Waals surface area contributed by atoms with Crippen molar-refractivity contribution in [3.8, 4) is 0 Å². The Balaban J connectivity index is 1.65. The van der Waals surface area contributed by atoms with E-state index in [4.69, 9.17) is 13.6 Å². The fourth-order valence-corrected chi connectivity index (χ4v) is 2.76. The summed E-state index contributed by atoms with van der Waals surface area (Å²) < 4.78 is 15.6. The summed E-state index contributed by atoms with van der Waals surface area (Å²) in [6.07, 6.45) is 5.52. The van der Waals surface area contributed by atoms with Crippen LogP contribution in [0, 0.1) is 0 Å². The van der Waals surface area contributed by atoms with Crippen molar-refractivity contribution >= 4 is 27.8 Å². The molecule has 1 N–H and O–H groups in total. The molecular formula is C19H21NO5. The van der Waals surface area contributed by atoms with Crippen molar-refractivity contribution in [3.63, 3.8) is 0 Å². The second kappa shape index (κ2) is 7.98. The first kappa shape index (κ1) is 17.2. The molecule has 0 atom stereocenters. The fraction of sp³-hybridized carbons (Fsp3) is 0.368. The third kappa shape index (κ3) is 4.09. The van der Waals surface area contributed by atoms with Crippen molar-refractivity contribution in [1.82, 2.24) is 5.32 Å². The van der Waals surface area contributed by atoms with E-state index in [-0.39, 0.29) is 5.56 Å². The van der Waals surface area contributed by atoms with Gasteiger partial charge in [-0.15, -0.1) is 0 Å². The Morgan fingerprint density at radius 3 is 2.76 bits per heavy atom. The lowest BCUT2D eigenvalue weighted by atomic mass is 10.1. The third-order valence-corrected chi connectivity index (χ3v) is 4.11.